The van der Waals surface area contributed by atoms with E-state index in [-0.39, 0.29) is 11.7 Å². The monoisotopic (exact) mass is 329 g/mol. The van der Waals surface area contributed by atoms with Crippen LogP contribution in [0.1, 0.15) is 66.9 Å². The molecular formula is C20H27NO3. The molecule has 4 heteroatoms. The van der Waals surface area contributed by atoms with Crippen LogP contribution in [0, 0.1) is 13.8 Å². The molecule has 4 nitrogen and oxygen atoms in total. The normalized spacial score (nSPS) is 19.1. The van der Waals surface area contributed by atoms with Crippen molar-refractivity contribution in [1.82, 2.24) is 4.90 Å². The molecule has 3 rings (SSSR count). The molecule has 0 aromatic heterocycles. The number of hydrogen-bond acceptors (Lipinski definition) is 3. The molecule has 24 heavy (non-hydrogen) atoms. The van der Waals surface area contributed by atoms with Crippen LogP contribution in [-0.4, -0.2) is 35.3 Å². The van der Waals surface area contributed by atoms with Crippen LogP contribution in [0.25, 0.3) is 0 Å². The lowest BCUT2D eigenvalue weighted by molar-refractivity contribution is -0.134. The van der Waals surface area contributed by atoms with E-state index >= 15 is 0 Å². The quantitative estimate of drug-likeness (QED) is 0.847. The summed E-state index contributed by atoms with van der Waals surface area (Å²) in [4.78, 5) is 26.8. The van der Waals surface area contributed by atoms with E-state index in [9.17, 15) is 9.59 Å². The van der Waals surface area contributed by atoms with Crippen molar-refractivity contribution in [3.8, 4) is 5.75 Å². The van der Waals surface area contributed by atoms with Crippen LogP contribution in [0.5, 0.6) is 5.75 Å². The van der Waals surface area contributed by atoms with E-state index < -0.39 is 5.60 Å². The van der Waals surface area contributed by atoms with Gasteiger partial charge in [0.2, 0.25) is 5.91 Å². The number of ether oxygens (including phenoxy) is 1. The number of fused-ring (bicyclic) bond motifs is 1. The summed E-state index contributed by atoms with van der Waals surface area (Å²) in [5.74, 6) is 1.17. The second-order valence-corrected chi connectivity index (χ2v) is 7.25. The smallest absolute Gasteiger partial charge is 0.222 e. The minimum Gasteiger partial charge on any atom is -0.486 e. The molecule has 0 unspecified atom stereocenters. The number of aryl methyl sites for hydroxylation is 1. The molecule has 1 fully saturated rings. The number of piperidine rings is 1. The van der Waals surface area contributed by atoms with Gasteiger partial charge in [0, 0.05) is 32.4 Å². The van der Waals surface area contributed by atoms with Crippen molar-refractivity contribution in [2.24, 2.45) is 0 Å². The minimum atomic E-state index is -0.426. The number of amides is 1. The third-order valence-corrected chi connectivity index (χ3v) is 5.55. The predicted molar refractivity (Wildman–Crippen MR) is 93.6 cm³/mol. The lowest BCUT2D eigenvalue weighted by Gasteiger charge is -2.44. The Balaban J connectivity index is 1.74. The number of unbranched alkanes of at least 4 members (excludes halogenated alkanes) is 1. The molecule has 2 aliphatic rings. The number of rotatable bonds is 3. The zero-order valence-electron chi connectivity index (χ0n) is 15.0. The van der Waals surface area contributed by atoms with E-state index in [1.165, 1.54) is 0 Å². The largest absolute Gasteiger partial charge is 0.486 e. The van der Waals surface area contributed by atoms with Gasteiger partial charge in [-0.2, -0.15) is 0 Å². The summed E-state index contributed by atoms with van der Waals surface area (Å²) in [7, 11) is 0. The molecule has 1 spiro atoms. The average molecular weight is 329 g/mol. The van der Waals surface area contributed by atoms with Gasteiger partial charge < -0.3 is 9.64 Å². The standard InChI is InChI=1S/C20H27NO3/c1-4-5-6-18(23)21-11-9-20(10-12-21)13-17(22)16-8-7-14(2)15(3)19(16)24-20/h7-8H,4-6,9-13H2,1-3H3. The number of ketones is 1. The van der Waals surface area contributed by atoms with Gasteiger partial charge in [-0.1, -0.05) is 19.4 Å². The Labute approximate surface area is 144 Å². The van der Waals surface area contributed by atoms with Crippen LogP contribution in [0.3, 0.4) is 0 Å². The van der Waals surface area contributed by atoms with E-state index in [0.29, 0.717) is 31.5 Å². The summed E-state index contributed by atoms with van der Waals surface area (Å²) in [6.45, 7) is 7.54. The number of carbonyl (C=O) groups is 2. The summed E-state index contributed by atoms with van der Waals surface area (Å²) < 4.78 is 6.39. The van der Waals surface area contributed by atoms with Gasteiger partial charge in [0.1, 0.15) is 11.4 Å². The van der Waals surface area contributed by atoms with Gasteiger partial charge in [0.05, 0.1) is 12.0 Å². The zero-order chi connectivity index (χ0) is 17.3. The van der Waals surface area contributed by atoms with E-state index in [4.69, 9.17) is 4.74 Å². The lowest BCUT2D eigenvalue weighted by Crippen LogP contribution is -2.52. The Kier molecular flexibility index (Phi) is 4.66. The second kappa shape index (κ2) is 6.58. The first-order valence-corrected chi connectivity index (χ1v) is 9.06. The highest BCUT2D eigenvalue weighted by Gasteiger charge is 2.44. The van der Waals surface area contributed by atoms with E-state index in [2.05, 4.69) is 6.92 Å². The summed E-state index contributed by atoms with van der Waals surface area (Å²) in [5, 5.41) is 0. The van der Waals surface area contributed by atoms with Gasteiger partial charge in [-0.3, -0.25) is 9.59 Å². The molecule has 0 saturated carbocycles. The van der Waals surface area contributed by atoms with Crippen molar-refractivity contribution in [3.63, 3.8) is 0 Å². The zero-order valence-corrected chi connectivity index (χ0v) is 15.0. The maximum atomic E-state index is 12.6. The Morgan fingerprint density at radius 2 is 1.96 bits per heavy atom. The highest BCUT2D eigenvalue weighted by Crippen LogP contribution is 2.41. The summed E-state index contributed by atoms with van der Waals surface area (Å²) >= 11 is 0. The van der Waals surface area contributed by atoms with Gasteiger partial charge >= 0.3 is 0 Å². The van der Waals surface area contributed by atoms with Crippen LogP contribution < -0.4 is 4.74 Å². The predicted octanol–water partition coefficient (Wildman–Crippen LogP) is 3.82. The molecule has 1 amide bonds. The summed E-state index contributed by atoms with van der Waals surface area (Å²) in [5.41, 5.74) is 2.49. The third-order valence-electron chi connectivity index (χ3n) is 5.55. The van der Waals surface area contributed by atoms with Gasteiger partial charge in [-0.25, -0.2) is 0 Å². The van der Waals surface area contributed by atoms with Crippen molar-refractivity contribution < 1.29 is 14.3 Å². The molecule has 2 heterocycles. The van der Waals surface area contributed by atoms with Gasteiger partial charge in [-0.15, -0.1) is 0 Å². The van der Waals surface area contributed by atoms with E-state index in [0.717, 1.165) is 42.6 Å². The Bertz CT molecular complexity index is 657. The molecule has 0 aliphatic carbocycles. The van der Waals surface area contributed by atoms with Crippen molar-refractivity contribution in [3.05, 3.63) is 28.8 Å². The second-order valence-electron chi connectivity index (χ2n) is 7.25. The molecule has 1 saturated heterocycles. The first-order valence-electron chi connectivity index (χ1n) is 9.06. The molecule has 2 aliphatic heterocycles. The number of nitrogens with zero attached hydrogens (tertiary/aromatic N) is 1. The number of carbonyl (C=O) groups excluding carboxylic acids is 2. The number of Topliss-reactive ketones (excluding diaryl/α,β-unsaturated/α-hetero) is 1. The van der Waals surface area contributed by atoms with Crippen molar-refractivity contribution in [2.45, 2.75) is 64.9 Å². The van der Waals surface area contributed by atoms with Crippen LogP contribution in [0.4, 0.5) is 0 Å². The fraction of sp³-hybridized carbons (Fsp3) is 0.600. The Hall–Kier alpha value is -1.84. The fourth-order valence-corrected chi connectivity index (χ4v) is 3.71. The topological polar surface area (TPSA) is 46.6 Å². The molecule has 0 radical (unpaired) electrons. The maximum absolute atomic E-state index is 12.6. The van der Waals surface area contributed by atoms with Crippen LogP contribution >= 0.6 is 0 Å². The first kappa shape index (κ1) is 17.0. The van der Waals surface area contributed by atoms with Gasteiger partial charge in [-0.05, 0) is 37.5 Å². The number of benzene rings is 1. The number of likely N-dealkylation sites (tertiary alicyclic amines) is 1. The number of hydrogen-bond donors (Lipinski definition) is 0. The first-order chi connectivity index (χ1) is 11.5. The average Bonchev–Trinajstić information content (AvgIpc) is 2.57. The molecule has 1 aromatic carbocycles. The van der Waals surface area contributed by atoms with Crippen LogP contribution in [0.15, 0.2) is 12.1 Å². The molecule has 0 bridgehead atoms. The minimum absolute atomic E-state index is 0.171. The summed E-state index contributed by atoms with van der Waals surface area (Å²) in [6.07, 6.45) is 4.52. The van der Waals surface area contributed by atoms with E-state index in [1.807, 2.05) is 30.9 Å². The Morgan fingerprint density at radius 1 is 1.25 bits per heavy atom. The van der Waals surface area contributed by atoms with Crippen molar-refractivity contribution >= 4 is 11.7 Å². The molecule has 1 aromatic rings. The maximum Gasteiger partial charge on any atom is 0.222 e. The highest BCUT2D eigenvalue weighted by molar-refractivity contribution is 6.01. The lowest BCUT2D eigenvalue weighted by atomic mass is 9.81. The summed E-state index contributed by atoms with van der Waals surface area (Å²) in [6, 6.07) is 3.87. The van der Waals surface area contributed by atoms with Crippen LogP contribution in [0.2, 0.25) is 0 Å². The van der Waals surface area contributed by atoms with Crippen molar-refractivity contribution in [1.29, 1.82) is 0 Å². The molecule has 130 valence electrons. The third kappa shape index (κ3) is 3.06. The molecule has 0 N–H and O–H groups in total. The highest BCUT2D eigenvalue weighted by atomic mass is 16.5. The van der Waals surface area contributed by atoms with E-state index in [1.54, 1.807) is 0 Å². The fourth-order valence-electron chi connectivity index (χ4n) is 3.71. The molecule has 0 atom stereocenters. The van der Waals surface area contributed by atoms with Gasteiger partial charge in [0.15, 0.2) is 5.78 Å². The Morgan fingerprint density at radius 3 is 2.62 bits per heavy atom. The van der Waals surface area contributed by atoms with Crippen LogP contribution in [-0.2, 0) is 4.79 Å². The van der Waals surface area contributed by atoms with Gasteiger partial charge in [0.25, 0.3) is 0 Å². The molecular weight excluding hydrogens is 302 g/mol. The van der Waals surface area contributed by atoms with Crippen molar-refractivity contribution in [2.75, 3.05) is 13.1 Å². The SMILES string of the molecule is CCCCC(=O)N1CCC2(CC1)CC(=O)c1ccc(C)c(C)c1O2.